The highest BCUT2D eigenvalue weighted by atomic mass is 32.2. The molecule has 0 saturated carbocycles. The average molecular weight is 303 g/mol. The second-order valence-corrected chi connectivity index (χ2v) is 6.90. The molecule has 5 heteroatoms. The lowest BCUT2D eigenvalue weighted by Crippen LogP contribution is -2.47. The van der Waals surface area contributed by atoms with Gasteiger partial charge < -0.3 is 19.5 Å². The average Bonchev–Trinajstić information content (AvgIpc) is 2.90. The molecule has 0 aromatic carbocycles. The number of hydrogen-bond acceptors (Lipinski definition) is 5. The molecule has 0 amide bonds. The van der Waals surface area contributed by atoms with E-state index in [0.29, 0.717) is 19.3 Å². The lowest BCUT2D eigenvalue weighted by atomic mass is 9.90. The van der Waals surface area contributed by atoms with Gasteiger partial charge in [-0.2, -0.15) is 11.8 Å². The Labute approximate surface area is 127 Å². The van der Waals surface area contributed by atoms with Crippen LogP contribution in [0.5, 0.6) is 0 Å². The largest absolute Gasteiger partial charge is 0.382 e. The number of methoxy groups -OCH3 is 1. The highest BCUT2D eigenvalue weighted by Crippen LogP contribution is 2.38. The van der Waals surface area contributed by atoms with Crippen LogP contribution in [0.2, 0.25) is 0 Å². The first kappa shape index (κ1) is 16.6. The lowest BCUT2D eigenvalue weighted by molar-refractivity contribution is -0.0700. The Balaban J connectivity index is 1.49. The van der Waals surface area contributed by atoms with Gasteiger partial charge in [-0.3, -0.25) is 0 Å². The van der Waals surface area contributed by atoms with E-state index in [1.807, 2.05) is 11.8 Å². The maximum absolute atomic E-state index is 6.05. The van der Waals surface area contributed by atoms with Crippen LogP contribution in [-0.4, -0.2) is 63.2 Å². The molecule has 1 N–H and O–H groups in total. The molecule has 0 aliphatic carbocycles. The van der Waals surface area contributed by atoms with E-state index in [2.05, 4.69) is 5.32 Å². The predicted octanol–water partition coefficient (Wildman–Crippen LogP) is 2.07. The van der Waals surface area contributed by atoms with Crippen LogP contribution in [0, 0.1) is 0 Å². The minimum atomic E-state index is 0.198. The van der Waals surface area contributed by atoms with Gasteiger partial charge in [0.05, 0.1) is 18.8 Å². The van der Waals surface area contributed by atoms with Gasteiger partial charge in [0.2, 0.25) is 0 Å². The Morgan fingerprint density at radius 2 is 2.25 bits per heavy atom. The fraction of sp³-hybridized carbons (Fsp3) is 1.00. The van der Waals surface area contributed by atoms with E-state index in [1.54, 1.807) is 7.11 Å². The summed E-state index contributed by atoms with van der Waals surface area (Å²) in [5.41, 5.74) is 0.198. The van der Waals surface area contributed by atoms with E-state index in [-0.39, 0.29) is 5.60 Å². The van der Waals surface area contributed by atoms with Gasteiger partial charge in [-0.1, -0.05) is 0 Å². The summed E-state index contributed by atoms with van der Waals surface area (Å²) in [6.07, 6.45) is 5.91. The molecule has 4 nitrogen and oxygen atoms in total. The fourth-order valence-electron chi connectivity index (χ4n) is 2.94. The summed E-state index contributed by atoms with van der Waals surface area (Å²) in [5, 5.41) is 3.71. The van der Waals surface area contributed by atoms with Crippen LogP contribution in [0.25, 0.3) is 0 Å². The molecule has 0 aromatic rings. The third kappa shape index (κ3) is 5.53. The molecular weight excluding hydrogens is 274 g/mol. The first-order valence-corrected chi connectivity index (χ1v) is 9.02. The normalized spacial score (nSPS) is 30.1. The summed E-state index contributed by atoms with van der Waals surface area (Å²) >= 11 is 2.04. The third-order valence-electron chi connectivity index (χ3n) is 4.14. The van der Waals surface area contributed by atoms with Crippen molar-refractivity contribution in [3.05, 3.63) is 0 Å². The Kier molecular flexibility index (Phi) is 7.66. The van der Waals surface area contributed by atoms with Crippen molar-refractivity contribution in [3.63, 3.8) is 0 Å². The first-order chi connectivity index (χ1) is 9.85. The van der Waals surface area contributed by atoms with E-state index in [1.165, 1.54) is 30.8 Å². The van der Waals surface area contributed by atoms with Crippen molar-refractivity contribution in [2.75, 3.05) is 51.6 Å². The minimum Gasteiger partial charge on any atom is -0.382 e. The summed E-state index contributed by atoms with van der Waals surface area (Å²) in [7, 11) is 1.71. The molecule has 2 aliphatic rings. The van der Waals surface area contributed by atoms with Crippen LogP contribution in [0.15, 0.2) is 0 Å². The maximum Gasteiger partial charge on any atom is 0.0795 e. The van der Waals surface area contributed by atoms with Crippen molar-refractivity contribution < 1.29 is 14.2 Å². The van der Waals surface area contributed by atoms with E-state index in [4.69, 9.17) is 14.2 Å². The topological polar surface area (TPSA) is 39.7 Å². The molecular formula is C15H29NO3S. The molecule has 2 unspecified atom stereocenters. The lowest BCUT2D eigenvalue weighted by Gasteiger charge is -2.38. The number of rotatable bonds is 9. The SMILES string of the molecule is COCCOCCCCNC1CCOC2(CCSC2)C1. The zero-order chi connectivity index (χ0) is 14.1. The number of ether oxygens (including phenoxy) is 3. The standard InChI is InChI=1S/C15H29NO3S/c1-17-9-10-18-7-3-2-6-16-14-4-8-19-15(12-14)5-11-20-13-15/h14,16H,2-13H2,1H3. The predicted molar refractivity (Wildman–Crippen MR) is 83.6 cm³/mol. The molecule has 118 valence electrons. The van der Waals surface area contributed by atoms with Crippen LogP contribution >= 0.6 is 11.8 Å². The molecule has 0 aromatic heterocycles. The van der Waals surface area contributed by atoms with Gasteiger partial charge in [-0.05, 0) is 44.4 Å². The van der Waals surface area contributed by atoms with Crippen molar-refractivity contribution >= 4 is 11.8 Å². The van der Waals surface area contributed by atoms with Crippen molar-refractivity contribution in [2.24, 2.45) is 0 Å². The number of unbranched alkanes of at least 4 members (excludes halogenated alkanes) is 1. The maximum atomic E-state index is 6.05. The van der Waals surface area contributed by atoms with Crippen LogP contribution in [0.4, 0.5) is 0 Å². The molecule has 2 rings (SSSR count). The van der Waals surface area contributed by atoms with Gasteiger partial charge in [0.15, 0.2) is 0 Å². The molecule has 20 heavy (non-hydrogen) atoms. The van der Waals surface area contributed by atoms with E-state index < -0.39 is 0 Å². The van der Waals surface area contributed by atoms with Crippen LogP contribution < -0.4 is 5.32 Å². The van der Waals surface area contributed by atoms with Crippen LogP contribution in [-0.2, 0) is 14.2 Å². The van der Waals surface area contributed by atoms with Crippen LogP contribution in [0.3, 0.4) is 0 Å². The van der Waals surface area contributed by atoms with Gasteiger partial charge >= 0.3 is 0 Å². The van der Waals surface area contributed by atoms with E-state index in [9.17, 15) is 0 Å². The minimum absolute atomic E-state index is 0.198. The van der Waals surface area contributed by atoms with E-state index in [0.717, 1.165) is 32.6 Å². The second-order valence-electron chi connectivity index (χ2n) is 5.79. The van der Waals surface area contributed by atoms with Gasteiger partial charge in [0.25, 0.3) is 0 Å². The smallest absolute Gasteiger partial charge is 0.0795 e. The number of hydrogen-bond donors (Lipinski definition) is 1. The Morgan fingerprint density at radius 1 is 1.30 bits per heavy atom. The molecule has 2 atom stereocenters. The fourth-order valence-corrected chi connectivity index (χ4v) is 4.32. The van der Waals surface area contributed by atoms with Gasteiger partial charge in [0, 0.05) is 32.1 Å². The van der Waals surface area contributed by atoms with E-state index >= 15 is 0 Å². The summed E-state index contributed by atoms with van der Waals surface area (Å²) in [6.45, 7) is 4.28. The summed E-state index contributed by atoms with van der Waals surface area (Å²) in [5.74, 6) is 2.46. The van der Waals surface area contributed by atoms with Gasteiger partial charge in [-0.15, -0.1) is 0 Å². The second kappa shape index (κ2) is 9.26. The number of thioether (sulfide) groups is 1. The Morgan fingerprint density at radius 3 is 3.05 bits per heavy atom. The van der Waals surface area contributed by atoms with Crippen molar-refractivity contribution in [1.29, 1.82) is 0 Å². The Bertz CT molecular complexity index is 260. The van der Waals surface area contributed by atoms with Gasteiger partial charge in [0.1, 0.15) is 0 Å². The van der Waals surface area contributed by atoms with Crippen molar-refractivity contribution in [1.82, 2.24) is 5.32 Å². The molecule has 2 saturated heterocycles. The summed E-state index contributed by atoms with van der Waals surface area (Å²) < 4.78 is 16.5. The zero-order valence-electron chi connectivity index (χ0n) is 12.7. The molecule has 0 bridgehead atoms. The highest BCUT2D eigenvalue weighted by molar-refractivity contribution is 7.99. The molecule has 2 fully saturated rings. The van der Waals surface area contributed by atoms with Crippen LogP contribution in [0.1, 0.15) is 32.1 Å². The first-order valence-electron chi connectivity index (χ1n) is 7.86. The molecule has 2 heterocycles. The third-order valence-corrected chi connectivity index (χ3v) is 5.36. The summed E-state index contributed by atoms with van der Waals surface area (Å²) in [6, 6.07) is 0.650. The molecule has 0 radical (unpaired) electrons. The quantitative estimate of drug-likeness (QED) is 0.660. The number of nitrogens with one attached hydrogen (secondary N) is 1. The monoisotopic (exact) mass is 303 g/mol. The molecule has 2 aliphatic heterocycles. The summed E-state index contributed by atoms with van der Waals surface area (Å²) in [4.78, 5) is 0. The zero-order valence-corrected chi connectivity index (χ0v) is 13.5. The molecule has 1 spiro atoms. The van der Waals surface area contributed by atoms with Crippen molar-refractivity contribution in [2.45, 2.75) is 43.7 Å². The Hall–Kier alpha value is 0.190. The van der Waals surface area contributed by atoms with Crippen molar-refractivity contribution in [3.8, 4) is 0 Å². The highest BCUT2D eigenvalue weighted by Gasteiger charge is 2.40. The van der Waals surface area contributed by atoms with Gasteiger partial charge in [-0.25, -0.2) is 0 Å².